The van der Waals surface area contributed by atoms with Gasteiger partial charge in [0.25, 0.3) is 0 Å². The van der Waals surface area contributed by atoms with Crippen molar-refractivity contribution in [3.8, 4) is 0 Å². The second kappa shape index (κ2) is 3.37. The molecule has 0 bridgehead atoms. The van der Waals surface area contributed by atoms with Crippen LogP contribution in [0.15, 0.2) is 16.6 Å². The highest BCUT2D eigenvalue weighted by atomic mass is 79.9. The van der Waals surface area contributed by atoms with Crippen LogP contribution >= 0.6 is 27.5 Å². The smallest absolute Gasteiger partial charge is 0.346 e. The first kappa shape index (κ1) is 9.68. The van der Waals surface area contributed by atoms with Crippen LogP contribution in [0.2, 0.25) is 5.02 Å². The average Bonchev–Trinajstić information content (AvgIpc) is 2.08. The molecule has 1 aromatic carbocycles. The summed E-state index contributed by atoms with van der Waals surface area (Å²) < 4.78 is 5.08. The highest BCUT2D eigenvalue weighted by Crippen LogP contribution is 2.29. The largest absolute Gasteiger partial charge is 0.389 e. The van der Waals surface area contributed by atoms with Crippen LogP contribution in [0.3, 0.4) is 0 Å². The van der Waals surface area contributed by atoms with Gasteiger partial charge in [-0.25, -0.2) is 4.79 Å². The number of carbonyl (C=O) groups excluding carboxylic acids is 2. The predicted molar refractivity (Wildman–Crippen MR) is 53.3 cm³/mol. The fraction of sp³-hybridized carbons (Fsp3) is 0.111. The maximum Gasteiger partial charge on any atom is 0.346 e. The molecule has 1 aromatic rings. The zero-order valence-electron chi connectivity index (χ0n) is 6.84. The molecular formula is C9H4BrClO3. The number of esters is 2. The van der Waals surface area contributed by atoms with Gasteiger partial charge in [-0.15, -0.1) is 0 Å². The number of cyclic esters (lactones) is 2. The van der Waals surface area contributed by atoms with Crippen molar-refractivity contribution in [3.63, 3.8) is 0 Å². The SMILES string of the molecule is O=C1Cc2cc(Cl)c(Br)cc2C(=O)O1. The number of carbonyl (C=O) groups is 2. The molecule has 0 aromatic heterocycles. The Morgan fingerprint density at radius 3 is 2.79 bits per heavy atom. The average molecular weight is 275 g/mol. The zero-order chi connectivity index (χ0) is 10.3. The summed E-state index contributed by atoms with van der Waals surface area (Å²) in [4.78, 5) is 22.2. The van der Waals surface area contributed by atoms with E-state index in [1.54, 1.807) is 12.1 Å². The first-order valence-electron chi connectivity index (χ1n) is 3.81. The Morgan fingerprint density at radius 2 is 2.07 bits per heavy atom. The van der Waals surface area contributed by atoms with Crippen molar-refractivity contribution in [2.24, 2.45) is 0 Å². The van der Waals surface area contributed by atoms with E-state index in [1.165, 1.54) is 0 Å². The molecule has 0 radical (unpaired) electrons. The molecule has 0 atom stereocenters. The van der Waals surface area contributed by atoms with Gasteiger partial charge in [0.15, 0.2) is 0 Å². The van der Waals surface area contributed by atoms with Crippen LogP contribution in [0.25, 0.3) is 0 Å². The molecule has 1 heterocycles. The highest BCUT2D eigenvalue weighted by molar-refractivity contribution is 9.10. The molecule has 14 heavy (non-hydrogen) atoms. The first-order chi connectivity index (χ1) is 6.58. The van der Waals surface area contributed by atoms with Gasteiger partial charge in [0.05, 0.1) is 17.0 Å². The maximum atomic E-state index is 11.3. The topological polar surface area (TPSA) is 43.4 Å². The highest BCUT2D eigenvalue weighted by Gasteiger charge is 2.25. The van der Waals surface area contributed by atoms with E-state index in [0.717, 1.165) is 0 Å². The Balaban J connectivity index is 2.60. The van der Waals surface area contributed by atoms with E-state index < -0.39 is 11.9 Å². The molecule has 0 aliphatic carbocycles. The Hall–Kier alpha value is -0.870. The molecule has 0 saturated heterocycles. The molecule has 0 amide bonds. The molecule has 0 spiro atoms. The Bertz CT molecular complexity index is 442. The van der Waals surface area contributed by atoms with Crippen LogP contribution < -0.4 is 0 Å². The molecule has 1 aliphatic rings. The summed E-state index contributed by atoms with van der Waals surface area (Å²) in [5, 5.41) is 0.478. The lowest BCUT2D eigenvalue weighted by atomic mass is 10.0. The molecule has 3 nitrogen and oxygen atoms in total. The van der Waals surface area contributed by atoms with Gasteiger partial charge in [-0.2, -0.15) is 0 Å². The van der Waals surface area contributed by atoms with Gasteiger partial charge in [-0.05, 0) is 33.6 Å². The lowest BCUT2D eigenvalue weighted by Gasteiger charge is -2.14. The van der Waals surface area contributed by atoms with Crippen molar-refractivity contribution in [2.75, 3.05) is 0 Å². The van der Waals surface area contributed by atoms with Crippen molar-refractivity contribution >= 4 is 39.5 Å². The van der Waals surface area contributed by atoms with Gasteiger partial charge in [-0.3, -0.25) is 4.79 Å². The summed E-state index contributed by atoms with van der Waals surface area (Å²) in [6.45, 7) is 0. The van der Waals surface area contributed by atoms with E-state index in [0.29, 0.717) is 20.6 Å². The number of fused-ring (bicyclic) bond motifs is 1. The van der Waals surface area contributed by atoms with Gasteiger partial charge in [-0.1, -0.05) is 11.6 Å². The lowest BCUT2D eigenvalue weighted by Crippen LogP contribution is -2.22. The third-order valence-electron chi connectivity index (χ3n) is 1.91. The van der Waals surface area contributed by atoms with E-state index in [1.807, 2.05) is 0 Å². The molecule has 72 valence electrons. The van der Waals surface area contributed by atoms with Crippen molar-refractivity contribution in [1.29, 1.82) is 0 Å². The molecule has 0 N–H and O–H groups in total. The molecule has 0 saturated carbocycles. The third kappa shape index (κ3) is 1.55. The lowest BCUT2D eigenvalue weighted by molar-refractivity contribution is -0.137. The molecular weight excluding hydrogens is 271 g/mol. The van der Waals surface area contributed by atoms with Crippen LogP contribution in [0.5, 0.6) is 0 Å². The van der Waals surface area contributed by atoms with Crippen molar-refractivity contribution in [1.82, 2.24) is 0 Å². The summed E-state index contributed by atoms with van der Waals surface area (Å²) in [6, 6.07) is 3.16. The van der Waals surface area contributed by atoms with E-state index in [4.69, 9.17) is 11.6 Å². The second-order valence-corrected chi connectivity index (χ2v) is 4.12. The van der Waals surface area contributed by atoms with Crippen LogP contribution in [0.4, 0.5) is 0 Å². The normalized spacial score (nSPS) is 15.0. The minimum Gasteiger partial charge on any atom is -0.389 e. The number of rotatable bonds is 0. The van der Waals surface area contributed by atoms with E-state index in [9.17, 15) is 9.59 Å². The molecule has 0 unspecified atom stereocenters. The quantitative estimate of drug-likeness (QED) is 0.539. The summed E-state index contributed by atoms with van der Waals surface area (Å²) in [5.41, 5.74) is 1.00. The zero-order valence-corrected chi connectivity index (χ0v) is 9.18. The fourth-order valence-corrected chi connectivity index (χ4v) is 1.80. The predicted octanol–water partition coefficient (Wildman–Crippen LogP) is 2.34. The number of hydrogen-bond donors (Lipinski definition) is 0. The minimum absolute atomic E-state index is 0.0913. The minimum atomic E-state index is -0.617. The van der Waals surface area contributed by atoms with Gasteiger partial charge in [0, 0.05) is 4.47 Å². The summed E-state index contributed by atoms with van der Waals surface area (Å²) >= 11 is 9.02. The van der Waals surface area contributed by atoms with E-state index >= 15 is 0 Å². The Kier molecular flexibility index (Phi) is 2.33. The van der Waals surface area contributed by atoms with Crippen molar-refractivity contribution in [2.45, 2.75) is 6.42 Å². The summed E-state index contributed by atoms with van der Waals surface area (Å²) in [7, 11) is 0. The molecule has 1 aliphatic heterocycles. The third-order valence-corrected chi connectivity index (χ3v) is 3.10. The van der Waals surface area contributed by atoms with Gasteiger partial charge < -0.3 is 4.74 Å². The van der Waals surface area contributed by atoms with E-state index in [2.05, 4.69) is 20.7 Å². The Labute approximate surface area is 93.1 Å². The molecule has 0 fully saturated rings. The van der Waals surface area contributed by atoms with Crippen LogP contribution in [0, 0.1) is 0 Å². The Morgan fingerprint density at radius 1 is 1.36 bits per heavy atom. The summed E-state index contributed by atoms with van der Waals surface area (Å²) in [5.74, 6) is -1.16. The molecule has 5 heteroatoms. The number of hydrogen-bond acceptors (Lipinski definition) is 3. The van der Waals surface area contributed by atoms with Crippen molar-refractivity contribution in [3.05, 3.63) is 32.8 Å². The standard InChI is InChI=1S/C9H4BrClO3/c10-6-3-5-4(1-7(6)11)2-8(12)14-9(5)13/h1,3H,2H2. The maximum absolute atomic E-state index is 11.3. The van der Waals surface area contributed by atoms with Gasteiger partial charge in [0.2, 0.25) is 0 Å². The monoisotopic (exact) mass is 274 g/mol. The number of halogens is 2. The van der Waals surface area contributed by atoms with Gasteiger partial charge >= 0.3 is 11.9 Å². The summed E-state index contributed by atoms with van der Waals surface area (Å²) in [6.07, 6.45) is 0.0913. The second-order valence-electron chi connectivity index (χ2n) is 2.86. The van der Waals surface area contributed by atoms with Gasteiger partial charge in [0.1, 0.15) is 0 Å². The molecule has 2 rings (SSSR count). The van der Waals surface area contributed by atoms with E-state index in [-0.39, 0.29) is 6.42 Å². The van der Waals surface area contributed by atoms with Crippen molar-refractivity contribution < 1.29 is 14.3 Å². The number of ether oxygens (including phenoxy) is 1. The van der Waals surface area contributed by atoms with Crippen LogP contribution in [-0.4, -0.2) is 11.9 Å². The first-order valence-corrected chi connectivity index (χ1v) is 4.98. The van der Waals surface area contributed by atoms with Crippen LogP contribution in [-0.2, 0) is 16.0 Å². The number of benzene rings is 1. The van der Waals surface area contributed by atoms with Crippen LogP contribution in [0.1, 0.15) is 15.9 Å². The fourth-order valence-electron chi connectivity index (χ4n) is 1.27.